The molecule has 1 aromatic carbocycles. The molecule has 0 spiro atoms. The maximum absolute atomic E-state index is 13.0. The van der Waals surface area contributed by atoms with Crippen molar-refractivity contribution in [2.45, 2.75) is 6.92 Å². The van der Waals surface area contributed by atoms with Gasteiger partial charge >= 0.3 is 0 Å². The lowest BCUT2D eigenvalue weighted by Gasteiger charge is -2.33. The Kier molecular flexibility index (Phi) is 4.19. The Hall–Kier alpha value is -3.75. The monoisotopic (exact) mass is 390 g/mol. The molecule has 1 aliphatic heterocycles. The second kappa shape index (κ2) is 7.01. The van der Waals surface area contributed by atoms with Gasteiger partial charge < -0.3 is 18.7 Å². The van der Waals surface area contributed by atoms with Crippen LogP contribution >= 0.6 is 0 Å². The second-order valence-corrected chi connectivity index (χ2v) is 6.82. The zero-order valence-electron chi connectivity index (χ0n) is 15.8. The van der Waals surface area contributed by atoms with Crippen LogP contribution in [0.25, 0.3) is 22.6 Å². The highest BCUT2D eigenvalue weighted by atomic mass is 16.5. The summed E-state index contributed by atoms with van der Waals surface area (Å²) in [5, 5.41) is 3.92. The van der Waals surface area contributed by atoms with E-state index in [2.05, 4.69) is 20.1 Å². The number of fused-ring (bicyclic) bond motifs is 1. The van der Waals surface area contributed by atoms with Gasteiger partial charge in [0, 0.05) is 50.4 Å². The molecule has 0 radical (unpaired) electrons. The fourth-order valence-corrected chi connectivity index (χ4v) is 3.38. The first kappa shape index (κ1) is 17.4. The lowest BCUT2D eigenvalue weighted by molar-refractivity contribution is 0.0745. The van der Waals surface area contributed by atoms with E-state index in [0.717, 1.165) is 11.1 Å². The number of hydrogen-bond donors (Lipinski definition) is 0. The van der Waals surface area contributed by atoms with Gasteiger partial charge in [-0.2, -0.15) is 9.97 Å². The minimum atomic E-state index is -0.0223. The van der Waals surface area contributed by atoms with Gasteiger partial charge in [-0.15, -0.1) is 0 Å². The Morgan fingerprint density at radius 3 is 2.69 bits per heavy atom. The van der Waals surface area contributed by atoms with Crippen LogP contribution in [-0.4, -0.2) is 57.1 Å². The van der Waals surface area contributed by atoms with E-state index >= 15 is 0 Å². The summed E-state index contributed by atoms with van der Waals surface area (Å²) in [5.74, 6) is 0.944. The Morgan fingerprint density at radius 1 is 1.07 bits per heavy atom. The van der Waals surface area contributed by atoms with Crippen LogP contribution in [0.5, 0.6) is 0 Å². The molecule has 0 saturated carbocycles. The van der Waals surface area contributed by atoms with E-state index in [1.54, 1.807) is 25.3 Å². The van der Waals surface area contributed by atoms with Crippen LogP contribution in [0.15, 0.2) is 51.5 Å². The first-order valence-electron chi connectivity index (χ1n) is 9.34. The highest BCUT2D eigenvalue weighted by Gasteiger charge is 2.25. The number of piperazine rings is 1. The third kappa shape index (κ3) is 3.31. The van der Waals surface area contributed by atoms with Gasteiger partial charge in [0.05, 0.1) is 0 Å². The van der Waals surface area contributed by atoms with Gasteiger partial charge in [0.15, 0.2) is 0 Å². The minimum Gasteiger partial charge on any atom is -0.404 e. The number of pyridine rings is 1. The summed E-state index contributed by atoms with van der Waals surface area (Å²) >= 11 is 0. The number of oxazole rings is 1. The number of hydrogen-bond acceptors (Lipinski definition) is 8. The number of nitrogens with zero attached hydrogens (tertiary/aromatic N) is 6. The van der Waals surface area contributed by atoms with Crippen molar-refractivity contribution in [3.05, 3.63) is 54.0 Å². The molecule has 0 bridgehead atoms. The molecule has 1 aliphatic rings. The average molecular weight is 390 g/mol. The Balaban J connectivity index is 1.29. The Labute approximate surface area is 166 Å². The second-order valence-electron chi connectivity index (χ2n) is 6.82. The molecule has 0 atom stereocenters. The molecule has 146 valence electrons. The SMILES string of the molecule is Cc1nc(-c2cccc(C(=O)N3CCN(c4nc5cccnc5o4)CC3)c2)no1. The number of rotatable bonds is 3. The van der Waals surface area contributed by atoms with E-state index in [4.69, 9.17) is 8.94 Å². The molecule has 0 unspecified atom stereocenters. The average Bonchev–Trinajstić information content (AvgIpc) is 3.40. The molecule has 0 aliphatic carbocycles. The maximum atomic E-state index is 13.0. The van der Waals surface area contributed by atoms with Crippen molar-refractivity contribution >= 4 is 23.2 Å². The van der Waals surface area contributed by atoms with Gasteiger partial charge in [0.1, 0.15) is 5.52 Å². The summed E-state index contributed by atoms with van der Waals surface area (Å²) < 4.78 is 10.8. The first-order chi connectivity index (χ1) is 14.2. The number of carbonyl (C=O) groups excluding carboxylic acids is 1. The van der Waals surface area contributed by atoms with Gasteiger partial charge in [-0.25, -0.2) is 4.98 Å². The summed E-state index contributed by atoms with van der Waals surface area (Å²) in [6.45, 7) is 4.18. The number of anilines is 1. The molecule has 3 aromatic heterocycles. The van der Waals surface area contributed by atoms with Crippen molar-refractivity contribution in [3.8, 4) is 11.4 Å². The van der Waals surface area contributed by atoms with Gasteiger partial charge in [-0.05, 0) is 24.3 Å². The predicted molar refractivity (Wildman–Crippen MR) is 104 cm³/mol. The summed E-state index contributed by atoms with van der Waals surface area (Å²) in [5.41, 5.74) is 2.61. The number of benzene rings is 1. The van der Waals surface area contributed by atoms with E-state index in [1.807, 2.05) is 34.1 Å². The zero-order chi connectivity index (χ0) is 19.8. The van der Waals surface area contributed by atoms with Gasteiger partial charge in [-0.3, -0.25) is 4.79 Å². The molecule has 9 heteroatoms. The predicted octanol–water partition coefficient (Wildman–Crippen LogP) is 2.54. The minimum absolute atomic E-state index is 0.0223. The summed E-state index contributed by atoms with van der Waals surface area (Å²) in [6, 6.07) is 11.5. The van der Waals surface area contributed by atoms with Gasteiger partial charge in [0.25, 0.3) is 11.9 Å². The largest absolute Gasteiger partial charge is 0.404 e. The van der Waals surface area contributed by atoms with E-state index in [1.165, 1.54) is 0 Å². The first-order valence-corrected chi connectivity index (χ1v) is 9.34. The lowest BCUT2D eigenvalue weighted by atomic mass is 10.1. The lowest BCUT2D eigenvalue weighted by Crippen LogP contribution is -2.48. The maximum Gasteiger partial charge on any atom is 0.299 e. The molecule has 4 heterocycles. The van der Waals surface area contributed by atoms with Crippen LogP contribution in [0, 0.1) is 6.92 Å². The highest BCUT2D eigenvalue weighted by Crippen LogP contribution is 2.22. The smallest absolute Gasteiger partial charge is 0.299 e. The molecule has 0 N–H and O–H groups in total. The molecule has 4 aromatic rings. The fraction of sp³-hybridized carbons (Fsp3) is 0.250. The number of amides is 1. The zero-order valence-corrected chi connectivity index (χ0v) is 15.8. The molecule has 1 amide bonds. The van der Waals surface area contributed by atoms with Gasteiger partial charge in [0.2, 0.25) is 17.4 Å². The Morgan fingerprint density at radius 2 is 1.93 bits per heavy atom. The molecular formula is C20H18N6O3. The van der Waals surface area contributed by atoms with Crippen molar-refractivity contribution < 1.29 is 13.7 Å². The quantitative estimate of drug-likeness (QED) is 0.526. The fourth-order valence-electron chi connectivity index (χ4n) is 3.38. The highest BCUT2D eigenvalue weighted by molar-refractivity contribution is 5.95. The number of aryl methyl sites for hydroxylation is 1. The van der Waals surface area contributed by atoms with Crippen molar-refractivity contribution in [3.63, 3.8) is 0 Å². The number of aromatic nitrogens is 4. The molecule has 29 heavy (non-hydrogen) atoms. The normalized spacial score (nSPS) is 14.5. The third-order valence-electron chi connectivity index (χ3n) is 4.89. The van der Waals surface area contributed by atoms with Crippen molar-refractivity contribution in [1.82, 2.24) is 25.0 Å². The molecule has 1 saturated heterocycles. The van der Waals surface area contributed by atoms with E-state index in [0.29, 0.717) is 55.2 Å². The van der Waals surface area contributed by atoms with Crippen molar-refractivity contribution in [2.24, 2.45) is 0 Å². The van der Waals surface area contributed by atoms with Crippen LogP contribution in [0.2, 0.25) is 0 Å². The van der Waals surface area contributed by atoms with Crippen LogP contribution in [0.3, 0.4) is 0 Å². The summed E-state index contributed by atoms with van der Waals surface area (Å²) in [4.78, 5) is 29.7. The molecule has 9 nitrogen and oxygen atoms in total. The van der Waals surface area contributed by atoms with E-state index < -0.39 is 0 Å². The third-order valence-corrected chi connectivity index (χ3v) is 4.89. The van der Waals surface area contributed by atoms with E-state index in [-0.39, 0.29) is 5.91 Å². The summed E-state index contributed by atoms with van der Waals surface area (Å²) in [6.07, 6.45) is 1.68. The topological polar surface area (TPSA) is 101 Å². The van der Waals surface area contributed by atoms with Crippen LogP contribution < -0.4 is 4.90 Å². The van der Waals surface area contributed by atoms with E-state index in [9.17, 15) is 4.79 Å². The number of carbonyl (C=O) groups is 1. The van der Waals surface area contributed by atoms with Gasteiger partial charge in [-0.1, -0.05) is 17.3 Å². The molecule has 1 fully saturated rings. The summed E-state index contributed by atoms with van der Waals surface area (Å²) in [7, 11) is 0. The standard InChI is InChI=1S/C20H18N6O3/c1-13-22-17(24-29-13)14-4-2-5-15(12-14)19(27)25-8-10-26(11-9-25)20-23-16-6-3-7-21-18(16)28-20/h2-7,12H,8-11H2,1H3. The van der Waals surface area contributed by atoms with Crippen LogP contribution in [0.4, 0.5) is 6.01 Å². The molecule has 5 rings (SSSR count). The van der Waals surface area contributed by atoms with Crippen molar-refractivity contribution in [2.75, 3.05) is 31.1 Å². The van der Waals surface area contributed by atoms with Crippen LogP contribution in [0.1, 0.15) is 16.2 Å². The molecular weight excluding hydrogens is 372 g/mol. The Bertz CT molecular complexity index is 1140. The van der Waals surface area contributed by atoms with Crippen LogP contribution in [-0.2, 0) is 0 Å². The van der Waals surface area contributed by atoms with Crippen molar-refractivity contribution in [1.29, 1.82) is 0 Å².